The number of thioether (sulfide) groups is 1. The second-order valence-electron chi connectivity index (χ2n) is 7.67. The first-order valence-corrected chi connectivity index (χ1v) is 11.7. The molecule has 0 fully saturated rings. The summed E-state index contributed by atoms with van der Waals surface area (Å²) in [5.74, 6) is -0.191. The molecule has 2 aromatic heterocycles. The van der Waals surface area contributed by atoms with Crippen LogP contribution in [0.1, 0.15) is 5.56 Å². The minimum atomic E-state index is -0.595. The van der Waals surface area contributed by atoms with Crippen LogP contribution in [0.5, 0.6) is 0 Å². The van der Waals surface area contributed by atoms with Gasteiger partial charge in [0.1, 0.15) is 11.6 Å². The van der Waals surface area contributed by atoms with E-state index in [2.05, 4.69) is 16.8 Å². The Labute approximate surface area is 200 Å². The van der Waals surface area contributed by atoms with Crippen molar-refractivity contribution in [2.45, 2.75) is 17.5 Å². The second-order valence-corrected chi connectivity index (χ2v) is 8.61. The van der Waals surface area contributed by atoms with Crippen LogP contribution in [-0.2, 0) is 12.3 Å². The summed E-state index contributed by atoms with van der Waals surface area (Å²) in [6.07, 6.45) is 1.77. The van der Waals surface area contributed by atoms with Crippen molar-refractivity contribution in [3.8, 4) is 22.6 Å². The minimum Gasteiger partial charge on any atom is -0.298 e. The van der Waals surface area contributed by atoms with Crippen molar-refractivity contribution in [3.05, 3.63) is 109 Å². The number of benzene rings is 3. The second kappa shape index (κ2) is 9.57. The van der Waals surface area contributed by atoms with Gasteiger partial charge < -0.3 is 0 Å². The van der Waals surface area contributed by atoms with E-state index in [1.807, 2.05) is 65.2 Å². The lowest BCUT2D eigenvalue weighted by molar-refractivity contribution is 0.576. The molecule has 0 amide bonds. The van der Waals surface area contributed by atoms with E-state index in [0.717, 1.165) is 33.8 Å². The summed E-state index contributed by atoms with van der Waals surface area (Å²) >= 11 is 1.35. The predicted octanol–water partition coefficient (Wildman–Crippen LogP) is 6.92. The maximum absolute atomic E-state index is 14.1. The van der Waals surface area contributed by atoms with Crippen LogP contribution in [0.15, 0.2) is 96.7 Å². The fourth-order valence-corrected chi connectivity index (χ4v) is 4.72. The van der Waals surface area contributed by atoms with Gasteiger partial charge in [0.2, 0.25) is 0 Å². The Morgan fingerprint density at radius 1 is 0.912 bits per heavy atom. The van der Waals surface area contributed by atoms with E-state index >= 15 is 0 Å². The van der Waals surface area contributed by atoms with Crippen LogP contribution in [0, 0.1) is 11.6 Å². The first-order chi connectivity index (χ1) is 16.6. The van der Waals surface area contributed by atoms with Gasteiger partial charge in [-0.25, -0.2) is 13.8 Å². The van der Waals surface area contributed by atoms with Gasteiger partial charge in [0.05, 0.1) is 11.2 Å². The van der Waals surface area contributed by atoms with Gasteiger partial charge in [0, 0.05) is 34.9 Å². The Hall–Kier alpha value is -3.84. The average molecular weight is 471 g/mol. The number of aromatic nitrogens is 4. The van der Waals surface area contributed by atoms with Crippen LogP contribution in [0.3, 0.4) is 0 Å². The molecule has 2 heterocycles. The van der Waals surface area contributed by atoms with Gasteiger partial charge in [0.15, 0.2) is 11.0 Å². The van der Waals surface area contributed by atoms with E-state index in [-0.39, 0.29) is 0 Å². The van der Waals surface area contributed by atoms with E-state index < -0.39 is 11.6 Å². The van der Waals surface area contributed by atoms with Gasteiger partial charge in [-0.05, 0) is 23.8 Å². The van der Waals surface area contributed by atoms with E-state index in [1.165, 1.54) is 23.9 Å². The molecule has 168 valence electrons. The van der Waals surface area contributed by atoms with Gasteiger partial charge in [-0.2, -0.15) is 0 Å². The number of nitrogens with zero attached hydrogens (tertiary/aromatic N) is 4. The van der Waals surface area contributed by atoms with Crippen molar-refractivity contribution < 1.29 is 8.78 Å². The standard InChI is InChI=1S/C27H20F2N4S/c1-2-14-33-26(31-32-27(33)34-17-19-12-13-20(28)15-23(19)29)22-16-25(18-8-4-3-5-9-18)30-24-11-7-6-10-21(22)24/h2-13,15-16H,1,14,17H2. The summed E-state index contributed by atoms with van der Waals surface area (Å²) < 4.78 is 29.3. The highest BCUT2D eigenvalue weighted by Crippen LogP contribution is 2.33. The molecule has 0 bridgehead atoms. The third-order valence-electron chi connectivity index (χ3n) is 5.43. The quantitative estimate of drug-likeness (QED) is 0.191. The molecule has 0 unspecified atom stereocenters. The Balaban J connectivity index is 1.59. The molecule has 5 aromatic rings. The number of pyridine rings is 1. The number of para-hydroxylation sites is 1. The van der Waals surface area contributed by atoms with Crippen molar-refractivity contribution in [1.29, 1.82) is 0 Å². The minimum absolute atomic E-state index is 0.299. The fourth-order valence-electron chi connectivity index (χ4n) is 3.79. The van der Waals surface area contributed by atoms with Gasteiger partial charge >= 0.3 is 0 Å². The van der Waals surface area contributed by atoms with Crippen LogP contribution in [0.25, 0.3) is 33.5 Å². The molecule has 0 radical (unpaired) electrons. The lowest BCUT2D eigenvalue weighted by atomic mass is 10.0. The smallest absolute Gasteiger partial charge is 0.192 e. The monoisotopic (exact) mass is 470 g/mol. The zero-order valence-electron chi connectivity index (χ0n) is 18.2. The van der Waals surface area contributed by atoms with Crippen LogP contribution in [-0.4, -0.2) is 19.7 Å². The summed E-state index contributed by atoms with van der Waals surface area (Å²) in [6.45, 7) is 4.36. The number of fused-ring (bicyclic) bond motifs is 1. The van der Waals surface area contributed by atoms with Gasteiger partial charge in [-0.15, -0.1) is 16.8 Å². The molecule has 0 aliphatic carbocycles. The van der Waals surface area contributed by atoms with Gasteiger partial charge in [-0.1, -0.05) is 72.4 Å². The van der Waals surface area contributed by atoms with E-state index in [0.29, 0.717) is 28.8 Å². The highest BCUT2D eigenvalue weighted by atomic mass is 32.2. The highest BCUT2D eigenvalue weighted by Gasteiger charge is 2.18. The zero-order valence-corrected chi connectivity index (χ0v) is 19.0. The lowest BCUT2D eigenvalue weighted by Gasteiger charge is -2.12. The Bertz CT molecular complexity index is 1480. The molecule has 4 nitrogen and oxygen atoms in total. The molecule has 0 saturated heterocycles. The van der Waals surface area contributed by atoms with Crippen LogP contribution < -0.4 is 0 Å². The highest BCUT2D eigenvalue weighted by molar-refractivity contribution is 7.98. The zero-order chi connectivity index (χ0) is 23.5. The first kappa shape index (κ1) is 22.0. The van der Waals surface area contributed by atoms with Crippen molar-refractivity contribution in [1.82, 2.24) is 19.7 Å². The van der Waals surface area contributed by atoms with Gasteiger partial charge in [0.25, 0.3) is 0 Å². The number of halogens is 2. The molecule has 0 spiro atoms. The van der Waals surface area contributed by atoms with E-state index in [9.17, 15) is 8.78 Å². The van der Waals surface area contributed by atoms with E-state index in [4.69, 9.17) is 4.98 Å². The molecule has 0 saturated carbocycles. The molecule has 34 heavy (non-hydrogen) atoms. The third kappa shape index (κ3) is 4.34. The largest absolute Gasteiger partial charge is 0.298 e. The molecule has 0 N–H and O–H groups in total. The SMILES string of the molecule is C=CCn1c(SCc2ccc(F)cc2F)nnc1-c1cc(-c2ccccc2)nc2ccccc12. The Morgan fingerprint density at radius 2 is 1.71 bits per heavy atom. The number of hydrogen-bond acceptors (Lipinski definition) is 4. The maximum Gasteiger partial charge on any atom is 0.192 e. The van der Waals surface area contributed by atoms with E-state index in [1.54, 1.807) is 6.08 Å². The summed E-state index contributed by atoms with van der Waals surface area (Å²) in [7, 11) is 0. The lowest BCUT2D eigenvalue weighted by Crippen LogP contribution is -2.02. The molecule has 5 rings (SSSR count). The Kier molecular flexibility index (Phi) is 6.18. The Morgan fingerprint density at radius 3 is 2.50 bits per heavy atom. The molecule has 0 aliphatic rings. The average Bonchev–Trinajstić information content (AvgIpc) is 3.26. The predicted molar refractivity (Wildman–Crippen MR) is 132 cm³/mol. The van der Waals surface area contributed by atoms with Crippen LogP contribution in [0.2, 0.25) is 0 Å². The normalized spacial score (nSPS) is 11.1. The topological polar surface area (TPSA) is 43.6 Å². The number of rotatable bonds is 7. The summed E-state index contributed by atoms with van der Waals surface area (Å²) in [6, 6.07) is 23.5. The van der Waals surface area contributed by atoms with Crippen molar-refractivity contribution in [3.63, 3.8) is 0 Å². The van der Waals surface area contributed by atoms with Crippen molar-refractivity contribution in [2.75, 3.05) is 0 Å². The first-order valence-electron chi connectivity index (χ1n) is 10.7. The van der Waals surface area contributed by atoms with Crippen LogP contribution >= 0.6 is 11.8 Å². The molecular weight excluding hydrogens is 450 g/mol. The van der Waals surface area contributed by atoms with Crippen LogP contribution in [0.4, 0.5) is 8.78 Å². The van der Waals surface area contributed by atoms with Gasteiger partial charge in [-0.3, -0.25) is 4.57 Å². The number of allylic oxidation sites excluding steroid dienone is 1. The molecule has 3 aromatic carbocycles. The summed E-state index contributed by atoms with van der Waals surface area (Å²) in [4.78, 5) is 4.85. The molecule has 7 heteroatoms. The molecule has 0 atom stereocenters. The fraction of sp³-hybridized carbons (Fsp3) is 0.0741. The molecular formula is C27H20F2N4S. The van der Waals surface area contributed by atoms with Crippen molar-refractivity contribution >= 4 is 22.7 Å². The third-order valence-corrected chi connectivity index (χ3v) is 6.44. The molecule has 0 aliphatic heterocycles. The summed E-state index contributed by atoms with van der Waals surface area (Å²) in [5.41, 5.74) is 4.01. The maximum atomic E-state index is 14.1. The van der Waals surface area contributed by atoms with Crippen molar-refractivity contribution in [2.24, 2.45) is 0 Å². The number of hydrogen-bond donors (Lipinski definition) is 0. The summed E-state index contributed by atoms with van der Waals surface area (Å²) in [5, 5.41) is 10.5.